The van der Waals surface area contributed by atoms with Crippen LogP contribution in [0.2, 0.25) is 5.02 Å². The lowest BCUT2D eigenvalue weighted by atomic mass is 10.2. The largest absolute Gasteiger partial charge is 0.459 e. The van der Waals surface area contributed by atoms with Crippen molar-refractivity contribution in [3.05, 3.63) is 65.4 Å². The molecule has 96 valence electrons. The van der Waals surface area contributed by atoms with E-state index >= 15 is 0 Å². The zero-order valence-corrected chi connectivity index (χ0v) is 11.3. The summed E-state index contributed by atoms with van der Waals surface area (Å²) in [6.07, 6.45) is 0. The Hall–Kier alpha value is -1.93. The highest BCUT2D eigenvalue weighted by Crippen LogP contribution is 2.26. The fourth-order valence-electron chi connectivity index (χ4n) is 2.12. The van der Waals surface area contributed by atoms with Gasteiger partial charge in [0.15, 0.2) is 0 Å². The predicted octanol–water partition coefficient (Wildman–Crippen LogP) is 5.26. The van der Waals surface area contributed by atoms with Gasteiger partial charge in [0.1, 0.15) is 11.3 Å². The summed E-state index contributed by atoms with van der Waals surface area (Å²) in [5, 5.41) is 5.23. The van der Waals surface area contributed by atoms with E-state index < -0.39 is 0 Å². The van der Waals surface area contributed by atoms with Crippen LogP contribution in [0.3, 0.4) is 0 Å². The van der Waals surface area contributed by atoms with Gasteiger partial charge in [-0.1, -0.05) is 35.9 Å². The first kappa shape index (κ1) is 12.1. The lowest BCUT2D eigenvalue weighted by molar-refractivity contribution is 0.526. The van der Waals surface area contributed by atoms with Gasteiger partial charge in [-0.3, -0.25) is 0 Å². The molecule has 0 bridgehead atoms. The maximum atomic E-state index is 5.98. The van der Waals surface area contributed by atoms with E-state index in [0.717, 1.165) is 27.4 Å². The summed E-state index contributed by atoms with van der Waals surface area (Å²) in [4.78, 5) is 0. The molecule has 1 aromatic heterocycles. The number of benzene rings is 2. The van der Waals surface area contributed by atoms with Gasteiger partial charge in [-0.2, -0.15) is 0 Å². The second-order valence-electron chi connectivity index (χ2n) is 4.56. The Kier molecular flexibility index (Phi) is 3.18. The molecule has 3 rings (SSSR count). The summed E-state index contributed by atoms with van der Waals surface area (Å²) in [6.45, 7) is 2.07. The van der Waals surface area contributed by atoms with Crippen molar-refractivity contribution in [2.24, 2.45) is 0 Å². The topological polar surface area (TPSA) is 25.2 Å². The molecule has 0 aliphatic heterocycles. The summed E-state index contributed by atoms with van der Waals surface area (Å²) in [7, 11) is 0. The van der Waals surface area contributed by atoms with Gasteiger partial charge in [0.2, 0.25) is 0 Å². The van der Waals surface area contributed by atoms with Gasteiger partial charge in [0.25, 0.3) is 0 Å². The minimum atomic E-state index is 0.0888. The first-order valence-electron chi connectivity index (χ1n) is 6.23. The van der Waals surface area contributed by atoms with Crippen molar-refractivity contribution >= 4 is 28.3 Å². The van der Waals surface area contributed by atoms with E-state index in [-0.39, 0.29) is 6.04 Å². The fourth-order valence-corrected chi connectivity index (χ4v) is 2.31. The highest BCUT2D eigenvalue weighted by Gasteiger charge is 2.11. The third kappa shape index (κ3) is 2.59. The number of rotatable bonds is 3. The van der Waals surface area contributed by atoms with Gasteiger partial charge in [-0.15, -0.1) is 0 Å². The molecule has 0 saturated heterocycles. The molecule has 3 heteroatoms. The van der Waals surface area contributed by atoms with Crippen LogP contribution in [-0.2, 0) is 0 Å². The van der Waals surface area contributed by atoms with E-state index in [1.54, 1.807) is 0 Å². The lowest BCUT2D eigenvalue weighted by Crippen LogP contribution is -2.05. The van der Waals surface area contributed by atoms with Crippen LogP contribution in [0.4, 0.5) is 5.69 Å². The third-order valence-corrected chi connectivity index (χ3v) is 3.31. The quantitative estimate of drug-likeness (QED) is 0.703. The average molecular weight is 272 g/mol. The Morgan fingerprint density at radius 1 is 1.05 bits per heavy atom. The van der Waals surface area contributed by atoms with Crippen molar-refractivity contribution in [1.29, 1.82) is 0 Å². The normalized spacial score (nSPS) is 12.5. The molecule has 0 aliphatic carbocycles. The Labute approximate surface area is 117 Å². The second-order valence-corrected chi connectivity index (χ2v) is 5.00. The van der Waals surface area contributed by atoms with Crippen molar-refractivity contribution in [2.75, 3.05) is 5.32 Å². The van der Waals surface area contributed by atoms with E-state index in [1.807, 2.05) is 42.5 Å². The van der Waals surface area contributed by atoms with Crippen molar-refractivity contribution in [3.63, 3.8) is 0 Å². The Morgan fingerprint density at radius 2 is 1.89 bits per heavy atom. The zero-order valence-electron chi connectivity index (χ0n) is 10.6. The van der Waals surface area contributed by atoms with Crippen LogP contribution >= 0.6 is 11.6 Å². The van der Waals surface area contributed by atoms with Crippen molar-refractivity contribution in [1.82, 2.24) is 0 Å². The highest BCUT2D eigenvalue weighted by molar-refractivity contribution is 6.30. The monoisotopic (exact) mass is 271 g/mol. The molecular formula is C16H14ClNO. The number of para-hydroxylation sites is 1. The van der Waals surface area contributed by atoms with E-state index in [0.29, 0.717) is 0 Å². The number of anilines is 1. The van der Waals surface area contributed by atoms with Gasteiger partial charge in [-0.05, 0) is 37.3 Å². The molecule has 0 radical (unpaired) electrons. The number of furan rings is 1. The van der Waals surface area contributed by atoms with Crippen LogP contribution < -0.4 is 5.32 Å². The van der Waals surface area contributed by atoms with Crippen LogP contribution in [-0.4, -0.2) is 0 Å². The Morgan fingerprint density at radius 3 is 2.68 bits per heavy atom. The maximum absolute atomic E-state index is 5.98. The Balaban J connectivity index is 1.85. The summed E-state index contributed by atoms with van der Waals surface area (Å²) < 4.78 is 5.84. The van der Waals surface area contributed by atoms with E-state index in [2.05, 4.69) is 24.4 Å². The molecule has 1 N–H and O–H groups in total. The molecule has 1 atom stereocenters. The van der Waals surface area contributed by atoms with Crippen molar-refractivity contribution in [3.8, 4) is 0 Å². The molecular weight excluding hydrogens is 258 g/mol. The molecule has 1 unspecified atom stereocenters. The van der Waals surface area contributed by atoms with Crippen LogP contribution in [0, 0.1) is 0 Å². The third-order valence-electron chi connectivity index (χ3n) is 3.08. The van der Waals surface area contributed by atoms with E-state index in [4.69, 9.17) is 16.0 Å². The van der Waals surface area contributed by atoms with Gasteiger partial charge >= 0.3 is 0 Å². The minimum absolute atomic E-state index is 0.0888. The number of fused-ring (bicyclic) bond motifs is 1. The minimum Gasteiger partial charge on any atom is -0.459 e. The smallest absolute Gasteiger partial charge is 0.134 e. The predicted molar refractivity (Wildman–Crippen MR) is 79.7 cm³/mol. The number of hydrogen-bond donors (Lipinski definition) is 1. The molecule has 19 heavy (non-hydrogen) atoms. The first-order valence-corrected chi connectivity index (χ1v) is 6.61. The maximum Gasteiger partial charge on any atom is 0.134 e. The summed E-state index contributed by atoms with van der Waals surface area (Å²) in [5.41, 5.74) is 1.90. The summed E-state index contributed by atoms with van der Waals surface area (Å²) in [5.74, 6) is 0.918. The summed E-state index contributed by atoms with van der Waals surface area (Å²) >= 11 is 5.98. The number of halogens is 1. The lowest BCUT2D eigenvalue weighted by Gasteiger charge is -2.12. The van der Waals surface area contributed by atoms with Crippen LogP contribution in [0.15, 0.2) is 59.0 Å². The first-order chi connectivity index (χ1) is 9.22. The van der Waals surface area contributed by atoms with Gasteiger partial charge in [0.05, 0.1) is 6.04 Å². The fraction of sp³-hybridized carbons (Fsp3) is 0.125. The molecule has 0 aliphatic rings. The molecule has 2 aromatic carbocycles. The van der Waals surface area contributed by atoms with Crippen LogP contribution in [0.1, 0.15) is 18.7 Å². The number of hydrogen-bond acceptors (Lipinski definition) is 2. The molecule has 3 aromatic rings. The highest BCUT2D eigenvalue weighted by atomic mass is 35.5. The Bertz CT molecular complexity index is 672. The average Bonchev–Trinajstić information content (AvgIpc) is 2.82. The van der Waals surface area contributed by atoms with Crippen LogP contribution in [0.25, 0.3) is 11.0 Å². The van der Waals surface area contributed by atoms with E-state index in [1.165, 1.54) is 0 Å². The van der Waals surface area contributed by atoms with Crippen molar-refractivity contribution in [2.45, 2.75) is 13.0 Å². The molecule has 0 spiro atoms. The molecule has 2 nitrogen and oxygen atoms in total. The molecule has 0 saturated carbocycles. The number of nitrogens with one attached hydrogen (secondary N) is 1. The standard InChI is InChI=1S/C16H14ClNO/c1-11(18-14-7-4-6-13(17)10-14)16-9-12-5-2-3-8-15(12)19-16/h2-11,18H,1H3. The zero-order chi connectivity index (χ0) is 13.2. The molecule has 0 amide bonds. The van der Waals surface area contributed by atoms with Crippen LogP contribution in [0.5, 0.6) is 0 Å². The SMILES string of the molecule is CC(Nc1cccc(Cl)c1)c1cc2ccccc2o1. The van der Waals surface area contributed by atoms with Gasteiger partial charge < -0.3 is 9.73 Å². The van der Waals surface area contributed by atoms with Crippen molar-refractivity contribution < 1.29 is 4.42 Å². The second kappa shape index (κ2) is 4.98. The van der Waals surface area contributed by atoms with Gasteiger partial charge in [-0.25, -0.2) is 0 Å². The molecule has 0 fully saturated rings. The summed E-state index contributed by atoms with van der Waals surface area (Å²) in [6, 6.07) is 17.9. The van der Waals surface area contributed by atoms with Gasteiger partial charge in [0, 0.05) is 16.1 Å². The van der Waals surface area contributed by atoms with E-state index in [9.17, 15) is 0 Å². The molecule has 1 heterocycles.